The summed E-state index contributed by atoms with van der Waals surface area (Å²) in [5.41, 5.74) is 0.950. The highest BCUT2D eigenvalue weighted by Gasteiger charge is 2.34. The van der Waals surface area contributed by atoms with Crippen molar-refractivity contribution in [1.82, 2.24) is 4.90 Å². The van der Waals surface area contributed by atoms with Crippen molar-refractivity contribution in [2.24, 2.45) is 0 Å². The smallest absolute Gasteiger partial charge is 0.159 e. The summed E-state index contributed by atoms with van der Waals surface area (Å²) >= 11 is 0. The average molecular weight is 253 g/mol. The molecule has 1 aliphatic carbocycles. The fraction of sp³-hybridized carbons (Fsp3) is 0.600. The number of rotatable bonds is 3. The first-order valence-electron chi connectivity index (χ1n) is 6.64. The van der Waals surface area contributed by atoms with Crippen LogP contribution in [0.3, 0.4) is 0 Å². The Hall–Kier alpha value is -0.960. The van der Waals surface area contributed by atoms with E-state index in [9.17, 15) is 8.78 Å². The summed E-state index contributed by atoms with van der Waals surface area (Å²) in [5.74, 6) is -1.48. The lowest BCUT2D eigenvalue weighted by molar-refractivity contribution is 0.215. The quantitative estimate of drug-likeness (QED) is 0.793. The van der Waals surface area contributed by atoms with Crippen LogP contribution < -0.4 is 0 Å². The third-order valence-corrected chi connectivity index (χ3v) is 3.96. The van der Waals surface area contributed by atoms with Gasteiger partial charge in [0.2, 0.25) is 0 Å². The fourth-order valence-corrected chi connectivity index (χ4v) is 3.20. The van der Waals surface area contributed by atoms with Crippen LogP contribution in [0.25, 0.3) is 0 Å². The van der Waals surface area contributed by atoms with Gasteiger partial charge in [-0.3, -0.25) is 0 Å². The topological polar surface area (TPSA) is 3.24 Å². The van der Waals surface area contributed by atoms with Crippen molar-refractivity contribution < 1.29 is 8.78 Å². The number of nitrogens with zero attached hydrogens (tertiary/aromatic N) is 1. The molecule has 0 atom stereocenters. The maximum atomic E-state index is 13.5. The molecule has 1 nitrogen and oxygen atoms in total. The highest BCUT2D eigenvalue weighted by Crippen LogP contribution is 2.40. The second-order valence-corrected chi connectivity index (χ2v) is 5.71. The van der Waals surface area contributed by atoms with Gasteiger partial charge in [0, 0.05) is 12.0 Å². The minimum absolute atomic E-state index is 0.00368. The molecule has 3 heteroatoms. The molecule has 0 spiro atoms. The molecule has 1 aromatic rings. The standard InChI is InChI=1S/C15H21F2N/c1-18(2)11-15(8-4-3-5-9-15)12-6-7-13(16)14(17)10-12/h6-7,10H,3-5,8-9,11H2,1-2H3. The maximum Gasteiger partial charge on any atom is 0.159 e. The van der Waals surface area contributed by atoms with Crippen LogP contribution >= 0.6 is 0 Å². The van der Waals surface area contributed by atoms with Crippen molar-refractivity contribution in [2.75, 3.05) is 20.6 Å². The highest BCUT2D eigenvalue weighted by molar-refractivity contribution is 5.28. The molecule has 1 aliphatic rings. The maximum absolute atomic E-state index is 13.5. The third-order valence-electron chi connectivity index (χ3n) is 3.96. The second-order valence-electron chi connectivity index (χ2n) is 5.71. The van der Waals surface area contributed by atoms with Gasteiger partial charge >= 0.3 is 0 Å². The van der Waals surface area contributed by atoms with Gasteiger partial charge in [0.1, 0.15) is 0 Å². The summed E-state index contributed by atoms with van der Waals surface area (Å²) < 4.78 is 26.5. The first-order valence-corrected chi connectivity index (χ1v) is 6.64. The second kappa shape index (κ2) is 5.35. The summed E-state index contributed by atoms with van der Waals surface area (Å²) in [5, 5.41) is 0. The molecule has 0 unspecified atom stereocenters. The van der Waals surface area contributed by atoms with Gasteiger partial charge in [-0.2, -0.15) is 0 Å². The van der Waals surface area contributed by atoms with Gasteiger partial charge in [-0.25, -0.2) is 8.78 Å². The van der Waals surface area contributed by atoms with E-state index >= 15 is 0 Å². The molecule has 2 rings (SSSR count). The predicted molar refractivity (Wildman–Crippen MR) is 69.7 cm³/mol. The average Bonchev–Trinajstić information content (AvgIpc) is 2.33. The van der Waals surface area contributed by atoms with E-state index in [0.717, 1.165) is 24.9 Å². The zero-order valence-electron chi connectivity index (χ0n) is 11.2. The molecule has 0 saturated heterocycles. The van der Waals surface area contributed by atoms with E-state index in [1.165, 1.54) is 31.4 Å². The third kappa shape index (κ3) is 2.72. The molecule has 0 amide bonds. The number of likely N-dealkylation sites (N-methyl/N-ethyl adjacent to an activating group) is 1. The number of hydrogen-bond donors (Lipinski definition) is 0. The number of benzene rings is 1. The monoisotopic (exact) mass is 253 g/mol. The lowest BCUT2D eigenvalue weighted by Gasteiger charge is -2.40. The van der Waals surface area contributed by atoms with Crippen LogP contribution in [-0.2, 0) is 5.41 Å². The van der Waals surface area contributed by atoms with Crippen molar-refractivity contribution >= 4 is 0 Å². The van der Waals surface area contributed by atoms with Crippen LogP contribution in [0.1, 0.15) is 37.7 Å². The molecular formula is C15H21F2N. The van der Waals surface area contributed by atoms with Crippen LogP contribution in [0.2, 0.25) is 0 Å². The fourth-order valence-electron chi connectivity index (χ4n) is 3.20. The lowest BCUT2D eigenvalue weighted by Crippen LogP contribution is -2.39. The summed E-state index contributed by atoms with van der Waals surface area (Å²) in [7, 11) is 4.08. The van der Waals surface area contributed by atoms with E-state index in [1.54, 1.807) is 6.07 Å². The zero-order chi connectivity index (χ0) is 13.2. The lowest BCUT2D eigenvalue weighted by atomic mass is 9.69. The van der Waals surface area contributed by atoms with Crippen molar-refractivity contribution in [3.63, 3.8) is 0 Å². The largest absolute Gasteiger partial charge is 0.309 e. The van der Waals surface area contributed by atoms with E-state index in [2.05, 4.69) is 4.90 Å². The van der Waals surface area contributed by atoms with Crippen LogP contribution in [0.5, 0.6) is 0 Å². The summed E-state index contributed by atoms with van der Waals surface area (Å²) in [6.07, 6.45) is 5.73. The van der Waals surface area contributed by atoms with E-state index < -0.39 is 11.6 Å². The Morgan fingerprint density at radius 1 is 1.06 bits per heavy atom. The molecular weight excluding hydrogens is 232 g/mol. The van der Waals surface area contributed by atoms with E-state index in [4.69, 9.17) is 0 Å². The van der Waals surface area contributed by atoms with Crippen LogP contribution in [0, 0.1) is 11.6 Å². The van der Waals surface area contributed by atoms with Gasteiger partial charge in [-0.1, -0.05) is 25.3 Å². The molecule has 0 N–H and O–H groups in total. The molecule has 100 valence electrons. The molecule has 1 saturated carbocycles. The van der Waals surface area contributed by atoms with Gasteiger partial charge in [0.05, 0.1) is 0 Å². The molecule has 0 aromatic heterocycles. The SMILES string of the molecule is CN(C)CC1(c2ccc(F)c(F)c2)CCCCC1. The molecule has 0 aliphatic heterocycles. The molecule has 1 fully saturated rings. The Bertz CT molecular complexity index is 409. The Kier molecular flexibility index (Phi) is 4.00. The van der Waals surface area contributed by atoms with Crippen LogP contribution in [-0.4, -0.2) is 25.5 Å². The predicted octanol–water partition coefficient (Wildman–Crippen LogP) is 3.73. The molecule has 0 radical (unpaired) electrons. The Morgan fingerprint density at radius 2 is 1.72 bits per heavy atom. The van der Waals surface area contributed by atoms with Crippen molar-refractivity contribution in [2.45, 2.75) is 37.5 Å². The minimum Gasteiger partial charge on any atom is -0.309 e. The summed E-state index contributed by atoms with van der Waals surface area (Å²) in [4.78, 5) is 2.15. The highest BCUT2D eigenvalue weighted by atomic mass is 19.2. The Labute approximate surface area is 108 Å². The number of hydrogen-bond acceptors (Lipinski definition) is 1. The first-order chi connectivity index (χ1) is 8.53. The Morgan fingerprint density at radius 3 is 2.28 bits per heavy atom. The van der Waals surface area contributed by atoms with Crippen molar-refractivity contribution in [3.05, 3.63) is 35.4 Å². The van der Waals surface area contributed by atoms with Gasteiger partial charge in [-0.15, -0.1) is 0 Å². The molecule has 1 aromatic carbocycles. The number of halogens is 2. The van der Waals surface area contributed by atoms with Crippen LogP contribution in [0.4, 0.5) is 8.78 Å². The molecule has 0 heterocycles. The van der Waals surface area contributed by atoms with Gasteiger partial charge in [0.15, 0.2) is 11.6 Å². The zero-order valence-corrected chi connectivity index (χ0v) is 11.2. The van der Waals surface area contributed by atoms with Gasteiger partial charge < -0.3 is 4.90 Å². The van der Waals surface area contributed by atoms with Gasteiger partial charge in [0.25, 0.3) is 0 Å². The molecule has 18 heavy (non-hydrogen) atoms. The normalized spacial score (nSPS) is 19.2. The van der Waals surface area contributed by atoms with Crippen molar-refractivity contribution in [3.8, 4) is 0 Å². The molecule has 0 bridgehead atoms. The first kappa shape index (κ1) is 13.5. The van der Waals surface area contributed by atoms with E-state index in [-0.39, 0.29) is 5.41 Å². The van der Waals surface area contributed by atoms with E-state index in [1.807, 2.05) is 14.1 Å². The van der Waals surface area contributed by atoms with Crippen molar-refractivity contribution in [1.29, 1.82) is 0 Å². The summed E-state index contributed by atoms with van der Waals surface area (Å²) in [6, 6.07) is 4.41. The Balaban J connectivity index is 2.35. The minimum atomic E-state index is -0.755. The van der Waals surface area contributed by atoms with Gasteiger partial charge in [-0.05, 0) is 44.6 Å². The van der Waals surface area contributed by atoms with Crippen LogP contribution in [0.15, 0.2) is 18.2 Å². The van der Waals surface area contributed by atoms with E-state index in [0.29, 0.717) is 0 Å². The summed E-state index contributed by atoms with van der Waals surface area (Å²) in [6.45, 7) is 0.901.